The minimum Gasteiger partial charge on any atom is -0.484 e. The summed E-state index contributed by atoms with van der Waals surface area (Å²) >= 11 is 0. The van der Waals surface area contributed by atoms with Crippen LogP contribution in [0.15, 0.2) is 54.6 Å². The highest BCUT2D eigenvalue weighted by Gasteiger charge is 2.40. The average molecular weight is 706 g/mol. The number of fused-ring (bicyclic) bond motifs is 4. The van der Waals surface area contributed by atoms with Crippen molar-refractivity contribution in [3.05, 3.63) is 65.7 Å². The molecule has 0 unspecified atom stereocenters. The standard InChI is InChI=1S/C38H51N5O8/c1-25(2)18-32-38(48)42(14-17-49-3)23-34(44)39-31(19-26-8-5-4-6-9-26)36(46)41-33-22-43(37(47)27-12-15-50-16-13-27)21-30(33)28-10-7-11-29(20-28)51-24-35(45)40-32/h4-11,20,25,27,30-33H,12-19,21-24H2,1-3H3,(H,39,44)(H,40,45)(H,41,46)/t30-,31+,32-,33+/m1/s1. The van der Waals surface area contributed by atoms with Gasteiger partial charge in [-0.3, -0.25) is 24.0 Å². The molecule has 3 heterocycles. The van der Waals surface area contributed by atoms with Gasteiger partial charge in [0.25, 0.3) is 5.91 Å². The zero-order chi connectivity index (χ0) is 36.3. The monoisotopic (exact) mass is 705 g/mol. The highest BCUT2D eigenvalue weighted by Crippen LogP contribution is 2.32. The van der Waals surface area contributed by atoms with E-state index in [1.165, 1.54) is 12.0 Å². The number of benzene rings is 2. The van der Waals surface area contributed by atoms with Crippen molar-refractivity contribution in [2.24, 2.45) is 11.8 Å². The number of carbonyl (C=O) groups is 5. The van der Waals surface area contributed by atoms with Crippen LogP contribution in [0.1, 0.15) is 50.2 Å². The summed E-state index contributed by atoms with van der Waals surface area (Å²) in [6.07, 6.45) is 1.85. The van der Waals surface area contributed by atoms with Gasteiger partial charge in [0.15, 0.2) is 6.61 Å². The van der Waals surface area contributed by atoms with Crippen molar-refractivity contribution in [3.63, 3.8) is 0 Å². The van der Waals surface area contributed by atoms with Crippen molar-refractivity contribution in [2.45, 2.75) is 63.6 Å². The third-order valence-corrected chi connectivity index (χ3v) is 9.67. The summed E-state index contributed by atoms with van der Waals surface area (Å²) in [5.74, 6) is -1.71. The van der Waals surface area contributed by atoms with E-state index in [9.17, 15) is 24.0 Å². The Morgan fingerprint density at radius 3 is 2.39 bits per heavy atom. The van der Waals surface area contributed by atoms with E-state index in [4.69, 9.17) is 14.2 Å². The van der Waals surface area contributed by atoms with Gasteiger partial charge in [-0.05, 0) is 48.4 Å². The maximum absolute atomic E-state index is 14.2. The lowest BCUT2D eigenvalue weighted by molar-refractivity contribution is -0.141. The Hall–Kier alpha value is -4.49. The summed E-state index contributed by atoms with van der Waals surface area (Å²) in [6, 6.07) is 14.4. The molecular formula is C38H51N5O8. The van der Waals surface area contributed by atoms with E-state index in [0.29, 0.717) is 51.3 Å². The number of hydrogen-bond acceptors (Lipinski definition) is 8. The van der Waals surface area contributed by atoms with Crippen LogP contribution in [-0.4, -0.2) is 117 Å². The van der Waals surface area contributed by atoms with Crippen LogP contribution in [0.3, 0.4) is 0 Å². The second-order valence-electron chi connectivity index (χ2n) is 14.0. The number of methoxy groups -OCH3 is 1. The van der Waals surface area contributed by atoms with E-state index in [-0.39, 0.29) is 56.4 Å². The molecule has 5 amide bonds. The molecule has 4 atom stereocenters. The second-order valence-corrected chi connectivity index (χ2v) is 14.0. The van der Waals surface area contributed by atoms with Crippen LogP contribution in [0, 0.1) is 11.8 Å². The van der Waals surface area contributed by atoms with Crippen molar-refractivity contribution in [1.29, 1.82) is 0 Å². The molecule has 276 valence electrons. The predicted molar refractivity (Wildman–Crippen MR) is 189 cm³/mol. The summed E-state index contributed by atoms with van der Waals surface area (Å²) in [5, 5.41) is 8.90. The van der Waals surface area contributed by atoms with E-state index >= 15 is 0 Å². The number of carbonyl (C=O) groups excluding carboxylic acids is 5. The van der Waals surface area contributed by atoms with Gasteiger partial charge in [-0.1, -0.05) is 56.3 Å². The van der Waals surface area contributed by atoms with Crippen LogP contribution >= 0.6 is 0 Å². The molecule has 13 nitrogen and oxygen atoms in total. The van der Waals surface area contributed by atoms with Gasteiger partial charge in [0.1, 0.15) is 17.8 Å². The summed E-state index contributed by atoms with van der Waals surface area (Å²) in [6.45, 7) is 5.24. The zero-order valence-electron chi connectivity index (χ0n) is 29.8. The molecule has 0 spiro atoms. The Kier molecular flexibility index (Phi) is 13.4. The highest BCUT2D eigenvalue weighted by atomic mass is 16.5. The Balaban J connectivity index is 1.48. The first kappa shape index (κ1) is 37.8. The summed E-state index contributed by atoms with van der Waals surface area (Å²) < 4.78 is 16.7. The van der Waals surface area contributed by atoms with Gasteiger partial charge in [-0.2, -0.15) is 0 Å². The lowest BCUT2D eigenvalue weighted by Crippen LogP contribution is -2.56. The van der Waals surface area contributed by atoms with Gasteiger partial charge in [0.2, 0.25) is 23.6 Å². The number of rotatable bonds is 8. The van der Waals surface area contributed by atoms with Crippen molar-refractivity contribution in [1.82, 2.24) is 25.8 Å². The van der Waals surface area contributed by atoms with E-state index in [1.54, 1.807) is 6.07 Å². The maximum atomic E-state index is 14.2. The number of nitrogens with zero attached hydrogens (tertiary/aromatic N) is 2. The average Bonchev–Trinajstić information content (AvgIpc) is 3.55. The zero-order valence-corrected chi connectivity index (χ0v) is 29.8. The molecule has 0 radical (unpaired) electrons. The van der Waals surface area contributed by atoms with Gasteiger partial charge in [0.05, 0.1) is 19.2 Å². The summed E-state index contributed by atoms with van der Waals surface area (Å²) in [4.78, 5) is 71.9. The Morgan fingerprint density at radius 1 is 0.922 bits per heavy atom. The van der Waals surface area contributed by atoms with Crippen LogP contribution in [0.25, 0.3) is 0 Å². The Bertz CT molecular complexity index is 1510. The Labute approximate surface area is 299 Å². The fourth-order valence-corrected chi connectivity index (χ4v) is 7.03. The summed E-state index contributed by atoms with van der Waals surface area (Å²) in [5.41, 5.74) is 1.68. The molecule has 2 saturated heterocycles. The topological polar surface area (TPSA) is 156 Å². The van der Waals surface area contributed by atoms with Crippen LogP contribution < -0.4 is 20.7 Å². The number of amides is 5. The number of hydrogen-bond donors (Lipinski definition) is 3. The molecule has 51 heavy (non-hydrogen) atoms. The first-order valence-corrected chi connectivity index (χ1v) is 17.9. The minimum absolute atomic E-state index is 0.0356. The Morgan fingerprint density at radius 2 is 1.67 bits per heavy atom. The summed E-state index contributed by atoms with van der Waals surface area (Å²) in [7, 11) is 1.50. The normalized spacial score (nSPS) is 24.2. The van der Waals surface area contributed by atoms with Crippen LogP contribution in [0.5, 0.6) is 5.75 Å². The molecule has 2 aromatic carbocycles. The molecule has 3 N–H and O–H groups in total. The van der Waals surface area contributed by atoms with Crippen molar-refractivity contribution in [3.8, 4) is 5.75 Å². The molecule has 0 aliphatic carbocycles. The minimum atomic E-state index is -0.972. The first-order chi connectivity index (χ1) is 24.6. The van der Waals surface area contributed by atoms with Crippen LogP contribution in [0.4, 0.5) is 0 Å². The molecule has 0 aromatic heterocycles. The highest BCUT2D eigenvalue weighted by molar-refractivity contribution is 5.93. The van der Waals surface area contributed by atoms with Crippen molar-refractivity contribution >= 4 is 29.5 Å². The van der Waals surface area contributed by atoms with Gasteiger partial charge in [0, 0.05) is 58.2 Å². The lowest BCUT2D eigenvalue weighted by atomic mass is 9.93. The van der Waals surface area contributed by atoms with Crippen LogP contribution in [-0.2, 0) is 39.9 Å². The molecule has 0 saturated carbocycles. The second kappa shape index (κ2) is 18.1. The SMILES string of the molecule is COCCN1CC(=O)N[C@@H](Cc2ccccc2)C(=O)N[C@H]2CN(C(=O)C3CCOCC3)C[C@@H]2c2cccc(c2)OCC(=O)N[C@H](CC(C)C)C1=O. The molecule has 3 aliphatic heterocycles. The van der Waals surface area contributed by atoms with Crippen LogP contribution in [0.2, 0.25) is 0 Å². The van der Waals surface area contributed by atoms with Gasteiger partial charge in [-0.25, -0.2) is 0 Å². The molecular weight excluding hydrogens is 654 g/mol. The van der Waals surface area contributed by atoms with Crippen molar-refractivity contribution in [2.75, 3.05) is 59.7 Å². The van der Waals surface area contributed by atoms with Gasteiger partial charge < -0.3 is 40.0 Å². The smallest absolute Gasteiger partial charge is 0.258 e. The molecule has 3 aliphatic rings. The lowest BCUT2D eigenvalue weighted by Gasteiger charge is -2.29. The molecule has 2 aromatic rings. The fraction of sp³-hybridized carbons (Fsp3) is 0.553. The quantitative estimate of drug-likeness (QED) is 0.375. The van der Waals surface area contributed by atoms with E-state index < -0.39 is 41.8 Å². The molecule has 2 fully saturated rings. The van der Waals surface area contributed by atoms with E-state index in [1.807, 2.05) is 67.3 Å². The number of ether oxygens (including phenoxy) is 3. The third-order valence-electron chi connectivity index (χ3n) is 9.67. The number of likely N-dealkylation sites (tertiary alicyclic amines) is 1. The third kappa shape index (κ3) is 10.5. The van der Waals surface area contributed by atoms with Crippen molar-refractivity contribution < 1.29 is 38.2 Å². The fourth-order valence-electron chi connectivity index (χ4n) is 7.03. The van der Waals surface area contributed by atoms with Gasteiger partial charge >= 0.3 is 0 Å². The predicted octanol–water partition coefficient (Wildman–Crippen LogP) is 1.65. The largest absolute Gasteiger partial charge is 0.484 e. The maximum Gasteiger partial charge on any atom is 0.258 e. The van der Waals surface area contributed by atoms with Gasteiger partial charge in [-0.15, -0.1) is 0 Å². The molecule has 5 rings (SSSR count). The van der Waals surface area contributed by atoms with E-state index in [0.717, 1.165) is 11.1 Å². The van der Waals surface area contributed by atoms with E-state index in [2.05, 4.69) is 16.0 Å². The first-order valence-electron chi connectivity index (χ1n) is 17.9. The number of nitrogens with one attached hydrogen (secondary N) is 3. The molecule has 13 heteroatoms. The molecule has 2 bridgehead atoms.